The predicted molar refractivity (Wildman–Crippen MR) is 53.0 cm³/mol. The predicted octanol–water partition coefficient (Wildman–Crippen LogP) is 3.25. The number of benzene rings is 1. The van der Waals surface area contributed by atoms with Crippen LogP contribution in [0.2, 0.25) is 0 Å². The fourth-order valence-electron chi connectivity index (χ4n) is 1.83. The van der Waals surface area contributed by atoms with E-state index < -0.39 is 11.8 Å². The van der Waals surface area contributed by atoms with Crippen molar-refractivity contribution in [3.05, 3.63) is 35.4 Å². The van der Waals surface area contributed by atoms with Crippen LogP contribution in [0, 0.1) is 11.8 Å². The maximum absolute atomic E-state index is 13.7. The highest BCUT2D eigenvalue weighted by molar-refractivity contribution is 5.74. The van der Waals surface area contributed by atoms with Gasteiger partial charge in [0.15, 0.2) is 0 Å². The number of carbonyl (C=O) groups excluding carboxylic acids is 1. The third-order valence-electron chi connectivity index (χ3n) is 3.01. The zero-order valence-corrected chi connectivity index (χ0v) is 8.41. The summed E-state index contributed by atoms with van der Waals surface area (Å²) in [5.41, 5.74) is 0.445. The van der Waals surface area contributed by atoms with Crippen molar-refractivity contribution in [1.29, 1.82) is 0 Å². The Labute approximate surface area is 87.1 Å². The molecule has 0 spiro atoms. The van der Waals surface area contributed by atoms with E-state index in [4.69, 9.17) is 0 Å². The van der Waals surface area contributed by atoms with Crippen LogP contribution < -0.4 is 0 Å². The summed E-state index contributed by atoms with van der Waals surface area (Å²) in [6.07, 6.45) is 1.24. The molecule has 1 unspecified atom stereocenters. The molecule has 80 valence electrons. The zero-order valence-electron chi connectivity index (χ0n) is 8.41. The molecule has 2 atom stereocenters. The fraction of sp³-hybridized carbons (Fsp3) is 0.417. The first-order valence-electron chi connectivity index (χ1n) is 4.99. The molecule has 0 radical (unpaired) electrons. The molecule has 1 aromatic carbocycles. The van der Waals surface area contributed by atoms with Crippen LogP contribution >= 0.6 is 0 Å². The normalized spacial score (nSPS) is 25.0. The number of halogens is 2. The second-order valence-electron chi connectivity index (χ2n) is 4.18. The molecule has 1 aromatic rings. The Bertz CT molecular complexity index is 370. The lowest BCUT2D eigenvalue weighted by molar-refractivity contribution is -0.0330. The summed E-state index contributed by atoms with van der Waals surface area (Å²) in [7, 11) is 0. The number of carbonyl (C=O) groups is 1. The van der Waals surface area contributed by atoms with E-state index in [2.05, 4.69) is 0 Å². The Morgan fingerprint density at radius 2 is 1.87 bits per heavy atom. The minimum atomic E-state index is -2.75. The topological polar surface area (TPSA) is 17.1 Å². The summed E-state index contributed by atoms with van der Waals surface area (Å²) in [5, 5.41) is 0. The molecule has 0 bridgehead atoms. The summed E-state index contributed by atoms with van der Waals surface area (Å²) < 4.78 is 27.5. The van der Waals surface area contributed by atoms with Gasteiger partial charge in [-0.3, -0.25) is 4.79 Å². The molecule has 1 aliphatic rings. The average molecular weight is 210 g/mol. The van der Waals surface area contributed by atoms with E-state index in [0.29, 0.717) is 18.3 Å². The molecule has 0 saturated heterocycles. The van der Waals surface area contributed by atoms with Gasteiger partial charge in [0.1, 0.15) is 6.29 Å². The van der Waals surface area contributed by atoms with Crippen molar-refractivity contribution in [2.75, 3.05) is 0 Å². The molecule has 1 nitrogen and oxygen atoms in total. The van der Waals surface area contributed by atoms with Crippen molar-refractivity contribution in [2.45, 2.75) is 19.3 Å². The zero-order chi connectivity index (χ0) is 11.1. The third kappa shape index (κ3) is 1.78. The smallest absolute Gasteiger partial charge is 0.276 e. The van der Waals surface area contributed by atoms with Gasteiger partial charge >= 0.3 is 0 Å². The number of hydrogen-bond acceptors (Lipinski definition) is 1. The van der Waals surface area contributed by atoms with Gasteiger partial charge < -0.3 is 0 Å². The van der Waals surface area contributed by atoms with E-state index in [1.54, 1.807) is 0 Å². The number of rotatable bonds is 3. The third-order valence-corrected chi connectivity index (χ3v) is 3.01. The molecule has 1 fully saturated rings. The second kappa shape index (κ2) is 3.40. The minimum Gasteiger partial charge on any atom is -0.298 e. The van der Waals surface area contributed by atoms with E-state index in [-0.39, 0.29) is 11.5 Å². The molecule has 0 amide bonds. The van der Waals surface area contributed by atoms with Crippen LogP contribution in [0.4, 0.5) is 8.78 Å². The number of alkyl halides is 2. The summed E-state index contributed by atoms with van der Waals surface area (Å²) in [6, 6.07) is 5.55. The van der Waals surface area contributed by atoms with Crippen LogP contribution in [0.1, 0.15) is 29.3 Å². The highest BCUT2D eigenvalue weighted by Crippen LogP contribution is 2.53. The summed E-state index contributed by atoms with van der Waals surface area (Å²) >= 11 is 0. The molecule has 0 heterocycles. The lowest BCUT2D eigenvalue weighted by atomic mass is 10.0. The van der Waals surface area contributed by atoms with E-state index in [1.807, 2.05) is 6.92 Å². The molecular weight excluding hydrogens is 198 g/mol. The van der Waals surface area contributed by atoms with Gasteiger partial charge in [0, 0.05) is 17.0 Å². The van der Waals surface area contributed by atoms with Gasteiger partial charge in [0.25, 0.3) is 5.92 Å². The molecule has 2 rings (SSSR count). The lowest BCUT2D eigenvalue weighted by Gasteiger charge is -2.16. The van der Waals surface area contributed by atoms with E-state index in [0.717, 1.165) is 0 Å². The standard InChI is InChI=1S/C12H12F2O/c1-8-6-11(8)12(13,14)10-4-2-9(7-15)3-5-10/h2-5,7-8,11H,6H2,1H3/t8?,11-/m0/s1. The summed E-state index contributed by atoms with van der Waals surface area (Å²) in [6.45, 7) is 1.83. The Hall–Kier alpha value is -1.25. The van der Waals surface area contributed by atoms with Gasteiger partial charge in [-0.15, -0.1) is 0 Å². The van der Waals surface area contributed by atoms with Crippen molar-refractivity contribution >= 4 is 6.29 Å². The Morgan fingerprint density at radius 3 is 2.27 bits per heavy atom. The van der Waals surface area contributed by atoms with Crippen molar-refractivity contribution in [3.8, 4) is 0 Å². The average Bonchev–Trinajstić information content (AvgIpc) is 2.96. The summed E-state index contributed by atoms with van der Waals surface area (Å²) in [5.74, 6) is -3.17. The maximum atomic E-state index is 13.7. The molecule has 0 aromatic heterocycles. The van der Waals surface area contributed by atoms with Crippen LogP contribution in [0.15, 0.2) is 24.3 Å². The van der Waals surface area contributed by atoms with Crippen LogP contribution in [0.3, 0.4) is 0 Å². The molecular formula is C12H12F2O. The van der Waals surface area contributed by atoms with E-state index >= 15 is 0 Å². The fourth-order valence-corrected chi connectivity index (χ4v) is 1.83. The van der Waals surface area contributed by atoms with Gasteiger partial charge in [-0.1, -0.05) is 31.2 Å². The number of aldehydes is 1. The molecule has 0 aliphatic heterocycles. The first kappa shape index (κ1) is 10.3. The van der Waals surface area contributed by atoms with Gasteiger partial charge in [-0.25, -0.2) is 8.78 Å². The van der Waals surface area contributed by atoms with Crippen LogP contribution in [-0.2, 0) is 5.92 Å². The first-order valence-corrected chi connectivity index (χ1v) is 4.99. The van der Waals surface area contributed by atoms with Crippen LogP contribution in [0.25, 0.3) is 0 Å². The summed E-state index contributed by atoms with van der Waals surface area (Å²) in [4.78, 5) is 10.4. The van der Waals surface area contributed by atoms with Gasteiger partial charge in [-0.05, 0) is 12.3 Å². The van der Waals surface area contributed by atoms with Gasteiger partial charge in [-0.2, -0.15) is 0 Å². The second-order valence-corrected chi connectivity index (χ2v) is 4.18. The Balaban J connectivity index is 2.24. The van der Waals surface area contributed by atoms with Crippen LogP contribution in [-0.4, -0.2) is 6.29 Å². The first-order chi connectivity index (χ1) is 7.05. The minimum absolute atomic E-state index is 0.0162. The highest BCUT2D eigenvalue weighted by atomic mass is 19.3. The quantitative estimate of drug-likeness (QED) is 0.700. The number of hydrogen-bond donors (Lipinski definition) is 0. The molecule has 1 aliphatic carbocycles. The van der Waals surface area contributed by atoms with Crippen molar-refractivity contribution in [3.63, 3.8) is 0 Å². The molecule has 1 saturated carbocycles. The Kier molecular flexibility index (Phi) is 2.33. The maximum Gasteiger partial charge on any atom is 0.276 e. The van der Waals surface area contributed by atoms with E-state index in [1.165, 1.54) is 24.3 Å². The van der Waals surface area contributed by atoms with E-state index in [9.17, 15) is 13.6 Å². The molecule has 15 heavy (non-hydrogen) atoms. The van der Waals surface area contributed by atoms with Gasteiger partial charge in [0.05, 0.1) is 0 Å². The van der Waals surface area contributed by atoms with Gasteiger partial charge in [0.2, 0.25) is 0 Å². The molecule has 3 heteroatoms. The largest absolute Gasteiger partial charge is 0.298 e. The monoisotopic (exact) mass is 210 g/mol. The van der Waals surface area contributed by atoms with Crippen molar-refractivity contribution in [1.82, 2.24) is 0 Å². The Morgan fingerprint density at radius 1 is 1.33 bits per heavy atom. The van der Waals surface area contributed by atoms with Crippen molar-refractivity contribution < 1.29 is 13.6 Å². The molecule has 0 N–H and O–H groups in total. The van der Waals surface area contributed by atoms with Crippen molar-refractivity contribution in [2.24, 2.45) is 11.8 Å². The lowest BCUT2D eigenvalue weighted by Crippen LogP contribution is -2.17. The van der Waals surface area contributed by atoms with Crippen LogP contribution in [0.5, 0.6) is 0 Å². The highest BCUT2D eigenvalue weighted by Gasteiger charge is 2.53. The SMILES string of the molecule is CC1C[C@@H]1C(F)(F)c1ccc(C=O)cc1.